The van der Waals surface area contributed by atoms with Gasteiger partial charge in [-0.15, -0.1) is 0 Å². The van der Waals surface area contributed by atoms with Crippen LogP contribution in [0.5, 0.6) is 0 Å². The predicted molar refractivity (Wildman–Crippen MR) is 83.1 cm³/mol. The molecule has 1 unspecified atom stereocenters. The summed E-state index contributed by atoms with van der Waals surface area (Å²) < 4.78 is 7.32. The summed E-state index contributed by atoms with van der Waals surface area (Å²) in [6, 6.07) is 0.196. The number of hydrogen-bond acceptors (Lipinski definition) is 4. The van der Waals surface area contributed by atoms with Gasteiger partial charge in [0.2, 0.25) is 0 Å². The Morgan fingerprint density at radius 2 is 2.35 bits per heavy atom. The number of hydrogen-bond donors (Lipinski definition) is 1. The van der Waals surface area contributed by atoms with Crippen molar-refractivity contribution in [1.82, 2.24) is 9.78 Å². The van der Waals surface area contributed by atoms with E-state index in [1.165, 1.54) is 12.8 Å². The summed E-state index contributed by atoms with van der Waals surface area (Å²) in [4.78, 5) is 12.2. The molecule has 2 rings (SSSR count). The van der Waals surface area contributed by atoms with Crippen LogP contribution in [0.2, 0.25) is 0 Å². The smallest absolute Gasteiger partial charge is 0.283 e. The van der Waals surface area contributed by atoms with E-state index in [1.807, 2.05) is 0 Å². The number of rotatable bonds is 8. The molecule has 1 aliphatic carbocycles. The Hall–Kier alpha value is -0.880. The molecule has 0 spiro atoms. The summed E-state index contributed by atoms with van der Waals surface area (Å²) >= 11 is 3.40. The quantitative estimate of drug-likeness (QED) is 0.788. The van der Waals surface area contributed by atoms with E-state index >= 15 is 0 Å². The lowest BCUT2D eigenvalue weighted by Crippen LogP contribution is -2.29. The van der Waals surface area contributed by atoms with Crippen LogP contribution in [-0.4, -0.2) is 29.5 Å². The number of nitrogens with one attached hydrogen (secondary N) is 1. The molecule has 1 fully saturated rings. The van der Waals surface area contributed by atoms with E-state index in [0.717, 1.165) is 25.1 Å². The molecule has 20 heavy (non-hydrogen) atoms. The van der Waals surface area contributed by atoms with Crippen LogP contribution < -0.4 is 10.9 Å². The minimum Gasteiger partial charge on any atom is -0.383 e. The van der Waals surface area contributed by atoms with Gasteiger partial charge in [0.15, 0.2) is 0 Å². The largest absolute Gasteiger partial charge is 0.383 e. The fourth-order valence-corrected chi connectivity index (χ4v) is 2.63. The van der Waals surface area contributed by atoms with Gasteiger partial charge in [0.25, 0.3) is 5.56 Å². The molecule has 1 atom stereocenters. The highest BCUT2D eigenvalue weighted by Crippen LogP contribution is 2.30. The van der Waals surface area contributed by atoms with E-state index in [4.69, 9.17) is 4.74 Å². The van der Waals surface area contributed by atoms with Crippen LogP contribution in [0.25, 0.3) is 0 Å². The first-order valence-electron chi connectivity index (χ1n) is 7.16. The molecule has 1 aromatic rings. The molecule has 0 amide bonds. The van der Waals surface area contributed by atoms with Crippen molar-refractivity contribution in [3.63, 3.8) is 0 Å². The third-order valence-corrected chi connectivity index (χ3v) is 4.24. The van der Waals surface area contributed by atoms with Gasteiger partial charge in [0.05, 0.1) is 18.5 Å². The molecule has 0 aliphatic heterocycles. The number of anilines is 1. The summed E-state index contributed by atoms with van der Waals surface area (Å²) in [6.45, 7) is 3.48. The van der Waals surface area contributed by atoms with E-state index in [0.29, 0.717) is 17.0 Å². The molecule has 1 aromatic heterocycles. The zero-order valence-electron chi connectivity index (χ0n) is 12.1. The van der Waals surface area contributed by atoms with Crippen molar-refractivity contribution in [2.45, 2.75) is 45.2 Å². The Labute approximate surface area is 127 Å². The zero-order chi connectivity index (χ0) is 14.5. The highest BCUT2D eigenvalue weighted by molar-refractivity contribution is 9.10. The fraction of sp³-hybridized carbons (Fsp3) is 0.714. The van der Waals surface area contributed by atoms with Crippen LogP contribution in [0.3, 0.4) is 0 Å². The van der Waals surface area contributed by atoms with Crippen LogP contribution in [0.15, 0.2) is 15.5 Å². The van der Waals surface area contributed by atoms with Crippen molar-refractivity contribution in [2.75, 3.05) is 19.0 Å². The Morgan fingerprint density at radius 1 is 1.60 bits per heavy atom. The first-order valence-corrected chi connectivity index (χ1v) is 7.96. The normalized spacial score (nSPS) is 16.1. The topological polar surface area (TPSA) is 56.1 Å². The molecule has 0 radical (unpaired) electrons. The second kappa shape index (κ2) is 7.22. The molecular weight excluding hydrogens is 322 g/mol. The number of halogens is 1. The van der Waals surface area contributed by atoms with Gasteiger partial charge in [-0.2, -0.15) is 5.10 Å². The first kappa shape index (κ1) is 15.5. The SMILES string of the molecule is CCCC(COC)Nc1cnn(CC2CC2)c(=O)c1Br. The summed E-state index contributed by atoms with van der Waals surface area (Å²) in [7, 11) is 1.69. The molecule has 1 heterocycles. The molecule has 0 bridgehead atoms. The van der Waals surface area contributed by atoms with Crippen LogP contribution in [-0.2, 0) is 11.3 Å². The van der Waals surface area contributed by atoms with Crippen molar-refractivity contribution >= 4 is 21.6 Å². The Bertz CT molecular complexity index is 494. The van der Waals surface area contributed by atoms with E-state index in [1.54, 1.807) is 18.0 Å². The average molecular weight is 344 g/mol. The molecular formula is C14H22BrN3O2. The van der Waals surface area contributed by atoms with Crippen molar-refractivity contribution < 1.29 is 4.74 Å². The van der Waals surface area contributed by atoms with Crippen molar-refractivity contribution in [3.8, 4) is 0 Å². The van der Waals surface area contributed by atoms with Gasteiger partial charge in [-0.05, 0) is 41.1 Å². The maximum atomic E-state index is 12.2. The van der Waals surface area contributed by atoms with Gasteiger partial charge in [-0.3, -0.25) is 4.79 Å². The monoisotopic (exact) mass is 343 g/mol. The van der Waals surface area contributed by atoms with Crippen molar-refractivity contribution in [2.24, 2.45) is 5.92 Å². The minimum atomic E-state index is -0.0606. The Morgan fingerprint density at radius 3 is 2.95 bits per heavy atom. The molecule has 1 aliphatic rings. The van der Waals surface area contributed by atoms with Crippen LogP contribution in [0, 0.1) is 5.92 Å². The molecule has 1 saturated carbocycles. The first-order chi connectivity index (χ1) is 9.65. The minimum absolute atomic E-state index is 0.0606. The zero-order valence-corrected chi connectivity index (χ0v) is 13.6. The number of methoxy groups -OCH3 is 1. The molecule has 1 N–H and O–H groups in total. The fourth-order valence-electron chi connectivity index (χ4n) is 2.21. The van der Waals surface area contributed by atoms with Crippen LogP contribution in [0.4, 0.5) is 5.69 Å². The Kier molecular flexibility index (Phi) is 5.60. The van der Waals surface area contributed by atoms with Gasteiger partial charge in [-0.1, -0.05) is 13.3 Å². The predicted octanol–water partition coefficient (Wildman–Crippen LogP) is 2.64. The standard InChI is InChI=1S/C14H22BrN3O2/c1-3-4-11(9-20-2)17-12-7-16-18(8-10-5-6-10)14(19)13(12)15/h7,10-11,17H,3-6,8-9H2,1-2H3. The highest BCUT2D eigenvalue weighted by Gasteiger charge is 2.23. The lowest BCUT2D eigenvalue weighted by Gasteiger charge is -2.19. The maximum Gasteiger partial charge on any atom is 0.283 e. The second-order valence-electron chi connectivity index (χ2n) is 5.39. The summed E-state index contributed by atoms with van der Waals surface area (Å²) in [5.41, 5.74) is 0.687. The lowest BCUT2D eigenvalue weighted by molar-refractivity contribution is 0.182. The molecule has 112 valence electrons. The third kappa shape index (κ3) is 4.06. The van der Waals surface area contributed by atoms with E-state index in [9.17, 15) is 4.79 Å². The van der Waals surface area contributed by atoms with E-state index in [-0.39, 0.29) is 11.6 Å². The van der Waals surface area contributed by atoms with Gasteiger partial charge in [-0.25, -0.2) is 4.68 Å². The summed E-state index contributed by atoms with van der Waals surface area (Å²) in [5.74, 6) is 0.632. The molecule has 0 saturated heterocycles. The number of ether oxygens (including phenoxy) is 1. The van der Waals surface area contributed by atoms with Gasteiger partial charge >= 0.3 is 0 Å². The molecule has 5 nitrogen and oxygen atoms in total. The highest BCUT2D eigenvalue weighted by atomic mass is 79.9. The van der Waals surface area contributed by atoms with E-state index in [2.05, 4.69) is 33.3 Å². The van der Waals surface area contributed by atoms with E-state index < -0.39 is 0 Å². The van der Waals surface area contributed by atoms with Gasteiger partial charge in [0, 0.05) is 19.7 Å². The second-order valence-corrected chi connectivity index (χ2v) is 6.18. The van der Waals surface area contributed by atoms with Gasteiger partial charge in [0.1, 0.15) is 4.47 Å². The van der Waals surface area contributed by atoms with Crippen molar-refractivity contribution in [1.29, 1.82) is 0 Å². The average Bonchev–Trinajstić information content (AvgIpc) is 3.23. The maximum absolute atomic E-state index is 12.2. The van der Waals surface area contributed by atoms with Crippen LogP contribution >= 0.6 is 15.9 Å². The number of aromatic nitrogens is 2. The molecule has 6 heteroatoms. The van der Waals surface area contributed by atoms with Crippen molar-refractivity contribution in [3.05, 3.63) is 21.0 Å². The number of nitrogens with zero attached hydrogens (tertiary/aromatic N) is 2. The molecule has 0 aromatic carbocycles. The third-order valence-electron chi connectivity index (χ3n) is 3.48. The summed E-state index contributed by atoms with van der Waals surface area (Å²) in [6.07, 6.45) is 6.19. The lowest BCUT2D eigenvalue weighted by atomic mass is 10.2. The van der Waals surface area contributed by atoms with Crippen LogP contribution in [0.1, 0.15) is 32.6 Å². The van der Waals surface area contributed by atoms with Gasteiger partial charge < -0.3 is 10.1 Å². The summed E-state index contributed by atoms with van der Waals surface area (Å²) in [5, 5.41) is 7.60. The Balaban J connectivity index is 2.10.